The average molecular weight is 311 g/mol. The van der Waals surface area contributed by atoms with Crippen LogP contribution in [0.25, 0.3) is 11.6 Å². The van der Waals surface area contributed by atoms with Crippen molar-refractivity contribution in [3.8, 4) is 5.75 Å². The zero-order valence-corrected chi connectivity index (χ0v) is 13.5. The van der Waals surface area contributed by atoms with Crippen molar-refractivity contribution in [1.29, 1.82) is 0 Å². The number of hydrogen-bond donors (Lipinski definition) is 1. The molecule has 2 aliphatic carbocycles. The lowest BCUT2D eigenvalue weighted by Gasteiger charge is -2.33. The molecule has 2 heterocycles. The number of allylic oxidation sites excluding steroid dienone is 2. The number of fused-ring (bicyclic) bond motifs is 3. The lowest BCUT2D eigenvalue weighted by Crippen LogP contribution is -2.28. The Labute approximate surface area is 137 Å². The van der Waals surface area contributed by atoms with Gasteiger partial charge in [0.1, 0.15) is 5.75 Å². The molecule has 1 aliphatic heterocycles. The predicted molar refractivity (Wildman–Crippen MR) is 90.9 cm³/mol. The molecule has 1 saturated carbocycles. The summed E-state index contributed by atoms with van der Waals surface area (Å²) in [7, 11) is -0.868. The summed E-state index contributed by atoms with van der Waals surface area (Å²) >= 11 is 0. The van der Waals surface area contributed by atoms with Gasteiger partial charge in [0.15, 0.2) is 0 Å². The first-order valence-electron chi connectivity index (χ1n) is 8.63. The molecule has 0 amide bonds. The highest BCUT2D eigenvalue weighted by Crippen LogP contribution is 2.44. The van der Waals surface area contributed by atoms with E-state index in [-0.39, 0.29) is 0 Å². The van der Waals surface area contributed by atoms with Crippen molar-refractivity contribution in [2.75, 3.05) is 6.61 Å². The minimum Gasteiger partial charge on any atom is -0.531 e. The van der Waals surface area contributed by atoms with Gasteiger partial charge in [0.05, 0.1) is 18.0 Å². The first-order chi connectivity index (χ1) is 11.3. The van der Waals surface area contributed by atoms with Crippen LogP contribution in [0.3, 0.4) is 0 Å². The van der Waals surface area contributed by atoms with Crippen LogP contribution in [-0.4, -0.2) is 29.8 Å². The topological polar surface area (TPSA) is 51.6 Å². The number of aromatic nitrogens is 1. The van der Waals surface area contributed by atoms with Crippen LogP contribution in [0.2, 0.25) is 0 Å². The SMILES string of the molecule is CCOC1CCC(C2=CB(O)Oc3cnc4c(c32)C=CC4)CC1. The van der Waals surface area contributed by atoms with Crippen molar-refractivity contribution in [2.45, 2.75) is 45.1 Å². The van der Waals surface area contributed by atoms with E-state index in [1.807, 2.05) is 5.98 Å². The first kappa shape index (κ1) is 15.0. The largest absolute Gasteiger partial charge is 0.552 e. The van der Waals surface area contributed by atoms with Gasteiger partial charge in [-0.2, -0.15) is 0 Å². The minimum atomic E-state index is -0.868. The van der Waals surface area contributed by atoms with Crippen LogP contribution in [0.15, 0.2) is 18.2 Å². The van der Waals surface area contributed by atoms with Crippen LogP contribution in [0.5, 0.6) is 5.75 Å². The molecule has 1 N–H and O–H groups in total. The molecule has 0 atom stereocenters. The highest BCUT2D eigenvalue weighted by Gasteiger charge is 2.33. The van der Waals surface area contributed by atoms with E-state index in [2.05, 4.69) is 24.1 Å². The summed E-state index contributed by atoms with van der Waals surface area (Å²) < 4.78 is 11.4. The molecule has 3 aliphatic rings. The smallest absolute Gasteiger partial charge is 0.531 e. The van der Waals surface area contributed by atoms with Crippen LogP contribution in [-0.2, 0) is 11.2 Å². The second-order valence-electron chi connectivity index (χ2n) is 6.52. The van der Waals surface area contributed by atoms with E-state index in [0.29, 0.717) is 17.8 Å². The molecule has 120 valence electrons. The summed E-state index contributed by atoms with van der Waals surface area (Å²) in [6.45, 7) is 2.85. The van der Waals surface area contributed by atoms with Gasteiger partial charge >= 0.3 is 7.12 Å². The molecular formula is C18H22BNO3. The molecule has 5 heteroatoms. The van der Waals surface area contributed by atoms with E-state index in [4.69, 9.17) is 9.39 Å². The Kier molecular flexibility index (Phi) is 3.99. The highest BCUT2D eigenvalue weighted by atomic mass is 16.5. The molecule has 1 fully saturated rings. The Morgan fingerprint density at radius 1 is 1.35 bits per heavy atom. The summed E-state index contributed by atoms with van der Waals surface area (Å²) in [5.41, 5.74) is 4.66. The first-order valence-corrected chi connectivity index (χ1v) is 8.63. The maximum absolute atomic E-state index is 10.1. The summed E-state index contributed by atoms with van der Waals surface area (Å²) in [6.07, 6.45) is 11.7. The molecule has 4 nitrogen and oxygen atoms in total. The average Bonchev–Trinajstić information content (AvgIpc) is 3.03. The Morgan fingerprint density at radius 3 is 2.96 bits per heavy atom. The fourth-order valence-electron chi connectivity index (χ4n) is 4.08. The van der Waals surface area contributed by atoms with Crippen molar-refractivity contribution in [1.82, 2.24) is 4.98 Å². The number of rotatable bonds is 3. The van der Waals surface area contributed by atoms with Gasteiger partial charge in [0, 0.05) is 24.2 Å². The molecule has 0 spiro atoms. The zero-order chi connectivity index (χ0) is 15.8. The lowest BCUT2D eigenvalue weighted by atomic mass is 9.72. The molecule has 0 saturated heterocycles. The quantitative estimate of drug-likeness (QED) is 0.872. The molecule has 0 unspecified atom stereocenters. The highest BCUT2D eigenvalue weighted by molar-refractivity contribution is 6.52. The van der Waals surface area contributed by atoms with Crippen molar-refractivity contribution in [3.63, 3.8) is 0 Å². The Hall–Kier alpha value is -1.59. The van der Waals surface area contributed by atoms with Gasteiger partial charge in [-0.1, -0.05) is 12.2 Å². The monoisotopic (exact) mass is 311 g/mol. The van der Waals surface area contributed by atoms with Crippen molar-refractivity contribution < 1.29 is 14.4 Å². The Bertz CT molecular complexity index is 662. The fourth-order valence-corrected chi connectivity index (χ4v) is 4.08. The third-order valence-electron chi connectivity index (χ3n) is 5.13. The summed E-state index contributed by atoms with van der Waals surface area (Å²) in [4.78, 5) is 4.48. The lowest BCUT2D eigenvalue weighted by molar-refractivity contribution is 0.0310. The normalized spacial score (nSPS) is 25.7. The summed E-state index contributed by atoms with van der Waals surface area (Å²) in [5.74, 6) is 3.07. The summed E-state index contributed by atoms with van der Waals surface area (Å²) in [5, 5.41) is 10.1. The third kappa shape index (κ3) is 2.72. The third-order valence-corrected chi connectivity index (χ3v) is 5.13. The second kappa shape index (κ2) is 6.14. The number of ether oxygens (including phenoxy) is 1. The van der Waals surface area contributed by atoms with E-state index in [0.717, 1.165) is 50.0 Å². The molecule has 0 aromatic carbocycles. The summed E-state index contributed by atoms with van der Waals surface area (Å²) in [6, 6.07) is 0. The fraction of sp³-hybridized carbons (Fsp3) is 0.500. The molecular weight excluding hydrogens is 289 g/mol. The second-order valence-corrected chi connectivity index (χ2v) is 6.52. The van der Waals surface area contributed by atoms with Gasteiger partial charge in [-0.15, -0.1) is 0 Å². The Morgan fingerprint density at radius 2 is 2.17 bits per heavy atom. The zero-order valence-electron chi connectivity index (χ0n) is 13.5. The molecule has 23 heavy (non-hydrogen) atoms. The number of nitrogens with zero attached hydrogens (tertiary/aromatic N) is 1. The maximum Gasteiger partial charge on any atom is 0.552 e. The minimum absolute atomic E-state index is 0.393. The predicted octanol–water partition coefficient (Wildman–Crippen LogP) is 3.04. The van der Waals surface area contributed by atoms with Gasteiger partial charge < -0.3 is 14.4 Å². The molecule has 1 aromatic heterocycles. The maximum atomic E-state index is 10.1. The van der Waals surface area contributed by atoms with Crippen LogP contribution >= 0.6 is 0 Å². The van der Waals surface area contributed by atoms with Crippen LogP contribution in [0, 0.1) is 5.92 Å². The van der Waals surface area contributed by atoms with Crippen molar-refractivity contribution in [3.05, 3.63) is 35.1 Å². The van der Waals surface area contributed by atoms with Gasteiger partial charge in [0.25, 0.3) is 0 Å². The standard InChI is InChI=1S/C18H22BNO3/c1-2-22-13-8-6-12(7-9-13)15-10-19(21)23-17-11-20-16-5-3-4-14(16)18(15)17/h3-4,10-13,21H,2,5-9H2,1H3. The van der Waals surface area contributed by atoms with E-state index < -0.39 is 7.12 Å². The number of hydrogen-bond acceptors (Lipinski definition) is 4. The van der Waals surface area contributed by atoms with E-state index in [1.165, 1.54) is 11.1 Å². The van der Waals surface area contributed by atoms with Gasteiger partial charge in [-0.3, -0.25) is 4.98 Å². The molecule has 0 radical (unpaired) electrons. The van der Waals surface area contributed by atoms with Crippen LogP contribution in [0.4, 0.5) is 0 Å². The van der Waals surface area contributed by atoms with E-state index in [1.54, 1.807) is 6.20 Å². The molecule has 0 bridgehead atoms. The molecule has 1 aromatic rings. The van der Waals surface area contributed by atoms with Crippen LogP contribution < -0.4 is 4.65 Å². The van der Waals surface area contributed by atoms with E-state index in [9.17, 15) is 5.02 Å². The van der Waals surface area contributed by atoms with Gasteiger partial charge in [-0.05, 0) is 50.1 Å². The van der Waals surface area contributed by atoms with Crippen molar-refractivity contribution in [2.24, 2.45) is 5.92 Å². The van der Waals surface area contributed by atoms with Crippen molar-refractivity contribution >= 4 is 18.8 Å². The molecule has 4 rings (SSSR count). The van der Waals surface area contributed by atoms with Gasteiger partial charge in [0.2, 0.25) is 0 Å². The van der Waals surface area contributed by atoms with E-state index >= 15 is 0 Å². The van der Waals surface area contributed by atoms with Crippen LogP contribution in [0.1, 0.15) is 49.4 Å². The Balaban J connectivity index is 1.65. The van der Waals surface area contributed by atoms with Gasteiger partial charge in [-0.25, -0.2) is 0 Å². The number of pyridine rings is 1.